The molecule has 11 heteroatoms. The van der Waals surface area contributed by atoms with Crippen LogP contribution in [0.4, 0.5) is 0 Å². The topological polar surface area (TPSA) is 140 Å². The molecule has 188 valence electrons. The third kappa shape index (κ3) is 6.34. The Morgan fingerprint density at radius 1 is 0.811 bits per heavy atom. The summed E-state index contributed by atoms with van der Waals surface area (Å²) in [5.74, 6) is -1.69. The van der Waals surface area contributed by atoms with Crippen molar-refractivity contribution in [1.29, 1.82) is 0 Å². The van der Waals surface area contributed by atoms with Crippen LogP contribution in [0.3, 0.4) is 0 Å². The molecule has 1 aliphatic rings. The molecule has 2 aromatic carbocycles. The zero-order chi connectivity index (χ0) is 26.4. The molecule has 0 saturated heterocycles. The molecule has 10 nitrogen and oxygen atoms in total. The minimum Gasteiger partial charge on any atom is -0.459 e. The summed E-state index contributed by atoms with van der Waals surface area (Å²) in [6.45, 7) is -0.721. The average Bonchev–Trinajstić information content (AvgIpc) is 2.90. The van der Waals surface area contributed by atoms with Crippen LogP contribution in [0.2, 0.25) is 0 Å². The number of benzene rings is 2. The quantitative estimate of drug-likeness (QED) is 0.129. The molecule has 1 aliphatic carbocycles. The first-order valence-corrected chi connectivity index (χ1v) is 11.4. The third-order valence-corrected chi connectivity index (χ3v) is 5.59. The van der Waals surface area contributed by atoms with Crippen LogP contribution in [0.5, 0.6) is 0 Å². The number of carbonyl (C=O) groups excluding carboxylic acids is 4. The van der Waals surface area contributed by atoms with E-state index in [1.165, 1.54) is 16.8 Å². The lowest BCUT2D eigenvalue weighted by molar-refractivity contribution is -0.685. The summed E-state index contributed by atoms with van der Waals surface area (Å²) in [6.07, 6.45) is 2.99. The second kappa shape index (κ2) is 11.7. The van der Waals surface area contributed by atoms with Gasteiger partial charge in [-0.2, -0.15) is 4.57 Å². The third-order valence-electron chi connectivity index (χ3n) is 5.59. The van der Waals surface area contributed by atoms with Crippen LogP contribution in [0, 0.1) is 0 Å². The van der Waals surface area contributed by atoms with Crippen molar-refractivity contribution in [1.82, 2.24) is 0 Å². The highest BCUT2D eigenvalue weighted by atomic mass is 16.6. The molecule has 1 aromatic heterocycles. The minimum absolute atomic E-state index is 0.0320. The van der Waals surface area contributed by atoms with Gasteiger partial charge in [0.25, 0.3) is 0 Å². The highest BCUT2D eigenvalue weighted by Gasteiger charge is 2.29. The molecule has 2 N–H and O–H groups in total. The zero-order valence-corrected chi connectivity index (χ0v) is 19.7. The predicted molar refractivity (Wildman–Crippen MR) is 128 cm³/mol. The maximum Gasteiger partial charge on any atom is 0.494 e. The molecule has 0 aliphatic heterocycles. The van der Waals surface area contributed by atoms with Gasteiger partial charge in [0, 0.05) is 33.8 Å². The van der Waals surface area contributed by atoms with Gasteiger partial charge in [-0.05, 0) is 17.7 Å². The maximum atomic E-state index is 12.8. The first-order valence-electron chi connectivity index (χ1n) is 11.4. The van der Waals surface area contributed by atoms with Crippen molar-refractivity contribution in [3.05, 3.63) is 94.8 Å². The maximum absolute atomic E-state index is 12.8. The summed E-state index contributed by atoms with van der Waals surface area (Å²) in [5, 5.41) is 18.4. The summed E-state index contributed by atoms with van der Waals surface area (Å²) in [7, 11) is -1.65. The van der Waals surface area contributed by atoms with Gasteiger partial charge in [0.15, 0.2) is 24.0 Å². The van der Waals surface area contributed by atoms with Crippen LogP contribution >= 0.6 is 0 Å². The van der Waals surface area contributed by atoms with Gasteiger partial charge in [0.05, 0.1) is 6.61 Å². The molecule has 0 fully saturated rings. The van der Waals surface area contributed by atoms with E-state index in [9.17, 15) is 29.2 Å². The largest absolute Gasteiger partial charge is 0.494 e. The van der Waals surface area contributed by atoms with Gasteiger partial charge >= 0.3 is 19.1 Å². The Labute approximate surface area is 212 Å². The first-order chi connectivity index (χ1) is 17.8. The number of fused-ring (bicyclic) bond motifs is 2. The van der Waals surface area contributed by atoms with E-state index in [0.29, 0.717) is 22.3 Å². The number of aromatic nitrogens is 1. The molecule has 0 spiro atoms. The molecule has 0 amide bonds. The number of carbonyl (C=O) groups is 4. The summed E-state index contributed by atoms with van der Waals surface area (Å²) in [6, 6.07) is 14.4. The number of nitrogens with zero attached hydrogens (tertiary/aromatic N) is 1. The Balaban J connectivity index is 1.18. The van der Waals surface area contributed by atoms with Gasteiger partial charge in [-0.15, -0.1) is 0 Å². The van der Waals surface area contributed by atoms with E-state index in [1.54, 1.807) is 54.7 Å². The Bertz CT molecular complexity index is 1360. The van der Waals surface area contributed by atoms with Crippen LogP contribution in [-0.2, 0) is 37.0 Å². The second-order valence-electron chi connectivity index (χ2n) is 8.20. The van der Waals surface area contributed by atoms with E-state index < -0.39 is 19.1 Å². The van der Waals surface area contributed by atoms with Gasteiger partial charge in [0.1, 0.15) is 19.8 Å². The van der Waals surface area contributed by atoms with E-state index in [2.05, 4.69) is 0 Å². The van der Waals surface area contributed by atoms with Crippen molar-refractivity contribution in [3.8, 4) is 0 Å². The van der Waals surface area contributed by atoms with Crippen molar-refractivity contribution >= 4 is 36.1 Å². The Kier molecular flexibility index (Phi) is 8.19. The number of pyridine rings is 1. The molecule has 0 bridgehead atoms. The van der Waals surface area contributed by atoms with Gasteiger partial charge < -0.3 is 24.3 Å². The van der Waals surface area contributed by atoms with Crippen molar-refractivity contribution in [2.24, 2.45) is 0 Å². The van der Waals surface area contributed by atoms with Gasteiger partial charge in [0.2, 0.25) is 6.54 Å². The van der Waals surface area contributed by atoms with E-state index >= 15 is 0 Å². The average molecular weight is 504 g/mol. The number of esters is 2. The number of hydrogen-bond donors (Lipinski definition) is 2. The molecule has 37 heavy (non-hydrogen) atoms. The lowest BCUT2D eigenvalue weighted by Crippen LogP contribution is -2.44. The standard InChI is InChI=1S/C26H23BNO9/c29-23(14-28-9-3-4-18(13-28)27(33)34)36-11-10-35-16-24(30)37-15-17-7-8-21-22(12-17)26(32)20-6-2-1-5-19(20)25(21)31/h1-9,12-13,33-34H,10-11,14-16H2/q+1. The molecule has 4 rings (SSSR count). The van der Waals surface area contributed by atoms with Gasteiger partial charge in [-0.3, -0.25) is 9.59 Å². The highest BCUT2D eigenvalue weighted by Crippen LogP contribution is 2.28. The lowest BCUT2D eigenvalue weighted by Gasteiger charge is -2.18. The summed E-state index contributed by atoms with van der Waals surface area (Å²) in [4.78, 5) is 49.4. The van der Waals surface area contributed by atoms with Crippen LogP contribution in [0.15, 0.2) is 67.0 Å². The molecule has 0 radical (unpaired) electrons. The van der Waals surface area contributed by atoms with Crippen molar-refractivity contribution in [2.45, 2.75) is 13.2 Å². The van der Waals surface area contributed by atoms with Crippen molar-refractivity contribution in [3.63, 3.8) is 0 Å². The monoisotopic (exact) mass is 504 g/mol. The van der Waals surface area contributed by atoms with Crippen molar-refractivity contribution in [2.75, 3.05) is 19.8 Å². The fourth-order valence-electron chi connectivity index (χ4n) is 3.80. The van der Waals surface area contributed by atoms with Crippen LogP contribution < -0.4 is 10.0 Å². The Morgan fingerprint density at radius 2 is 1.51 bits per heavy atom. The number of ether oxygens (including phenoxy) is 3. The SMILES string of the molecule is O=C(COCCOC(=O)C[n+]1cccc(B(O)O)c1)OCc1ccc2c(c1)C(=O)c1ccccc1C2=O. The lowest BCUT2D eigenvalue weighted by atomic mass is 9.82. The van der Waals surface area contributed by atoms with E-state index in [0.717, 1.165) is 0 Å². The molecule has 0 saturated carbocycles. The molecule has 1 heterocycles. The number of hydrogen-bond acceptors (Lipinski definition) is 9. The Morgan fingerprint density at radius 3 is 2.24 bits per heavy atom. The summed E-state index contributed by atoms with van der Waals surface area (Å²) in [5.41, 5.74) is 2.09. The van der Waals surface area contributed by atoms with E-state index in [-0.39, 0.29) is 55.6 Å². The summed E-state index contributed by atoms with van der Waals surface area (Å²) < 4.78 is 16.8. The number of ketones is 2. The van der Waals surface area contributed by atoms with Crippen LogP contribution in [0.1, 0.15) is 37.4 Å². The van der Waals surface area contributed by atoms with Crippen molar-refractivity contribution < 1.29 is 48.0 Å². The Hall–Kier alpha value is -4.19. The van der Waals surface area contributed by atoms with Crippen LogP contribution in [0.25, 0.3) is 0 Å². The van der Waals surface area contributed by atoms with Gasteiger partial charge in [-0.1, -0.05) is 36.4 Å². The normalized spacial score (nSPS) is 11.9. The molecular weight excluding hydrogens is 481 g/mol. The molecule has 0 unspecified atom stereocenters. The molecular formula is C26H23BNO9+. The summed E-state index contributed by atoms with van der Waals surface area (Å²) >= 11 is 0. The zero-order valence-electron chi connectivity index (χ0n) is 19.7. The molecule has 3 aromatic rings. The smallest absolute Gasteiger partial charge is 0.459 e. The molecule has 0 atom stereocenters. The fraction of sp³-hybridized carbons (Fsp3) is 0.192. The van der Waals surface area contributed by atoms with E-state index in [4.69, 9.17) is 14.2 Å². The van der Waals surface area contributed by atoms with E-state index in [1.807, 2.05) is 0 Å². The van der Waals surface area contributed by atoms with Crippen LogP contribution in [-0.4, -0.2) is 60.5 Å². The number of rotatable bonds is 10. The predicted octanol–water partition coefficient (Wildman–Crippen LogP) is -0.267. The second-order valence-corrected chi connectivity index (χ2v) is 8.20. The first kappa shape index (κ1) is 25.9. The van der Waals surface area contributed by atoms with Gasteiger partial charge in [-0.25, -0.2) is 9.59 Å². The fourth-order valence-corrected chi connectivity index (χ4v) is 3.80. The minimum atomic E-state index is -1.65. The highest BCUT2D eigenvalue weighted by molar-refractivity contribution is 6.58.